The molecule has 0 saturated carbocycles. The number of nitrogens with zero attached hydrogens (tertiary/aromatic N) is 1. The molecule has 0 unspecified atom stereocenters. The van der Waals surface area contributed by atoms with Crippen LogP contribution in [0.25, 0.3) is 0 Å². The Balaban J connectivity index is 1.91. The Hall–Kier alpha value is -2.21. The number of esters is 1. The first-order valence-corrected chi connectivity index (χ1v) is 7.42. The van der Waals surface area contributed by atoms with E-state index >= 15 is 0 Å². The summed E-state index contributed by atoms with van der Waals surface area (Å²) in [6, 6.07) is 10.7. The Morgan fingerprint density at radius 1 is 1.23 bits per heavy atom. The smallest absolute Gasteiger partial charge is 0.337 e. The van der Waals surface area contributed by atoms with Gasteiger partial charge in [-0.2, -0.15) is 0 Å². The second-order valence-electron chi connectivity index (χ2n) is 4.61. The van der Waals surface area contributed by atoms with Gasteiger partial charge in [0.05, 0.1) is 31.3 Å². The summed E-state index contributed by atoms with van der Waals surface area (Å²) in [6.07, 6.45) is 1.81. The van der Waals surface area contributed by atoms with Crippen molar-refractivity contribution in [2.45, 2.75) is 13.0 Å². The maximum Gasteiger partial charge on any atom is 0.337 e. The van der Waals surface area contributed by atoms with Crippen LogP contribution in [-0.4, -0.2) is 24.0 Å². The highest BCUT2D eigenvalue weighted by molar-refractivity contribution is 9.10. The fraction of sp³-hybridized carbons (Fsp3) is 0.188. The van der Waals surface area contributed by atoms with Gasteiger partial charge in [-0.25, -0.2) is 4.79 Å². The van der Waals surface area contributed by atoms with E-state index in [0.717, 1.165) is 10.0 Å². The Morgan fingerprint density at radius 3 is 2.64 bits per heavy atom. The lowest BCUT2D eigenvalue weighted by molar-refractivity contribution is -0.120. The molecule has 0 fully saturated rings. The van der Waals surface area contributed by atoms with E-state index in [1.165, 1.54) is 13.3 Å². The van der Waals surface area contributed by atoms with Crippen molar-refractivity contribution in [3.8, 4) is 0 Å². The molecule has 0 spiro atoms. The fourth-order valence-corrected chi connectivity index (χ4v) is 2.12. The first-order valence-electron chi connectivity index (χ1n) is 6.63. The number of rotatable bonds is 5. The number of pyridine rings is 1. The van der Waals surface area contributed by atoms with Crippen LogP contribution in [0.15, 0.2) is 47.1 Å². The summed E-state index contributed by atoms with van der Waals surface area (Å²) in [5.41, 5.74) is 1.94. The first kappa shape index (κ1) is 16.2. The second-order valence-corrected chi connectivity index (χ2v) is 5.52. The number of amides is 1. The molecule has 114 valence electrons. The molecule has 0 bridgehead atoms. The minimum atomic E-state index is -0.426. The molecule has 6 heteroatoms. The quantitative estimate of drug-likeness (QED) is 0.829. The van der Waals surface area contributed by atoms with Gasteiger partial charge in [-0.15, -0.1) is 0 Å². The van der Waals surface area contributed by atoms with Crippen molar-refractivity contribution in [1.29, 1.82) is 0 Å². The monoisotopic (exact) mass is 362 g/mol. The van der Waals surface area contributed by atoms with Crippen LogP contribution in [0.2, 0.25) is 0 Å². The summed E-state index contributed by atoms with van der Waals surface area (Å²) >= 11 is 3.35. The van der Waals surface area contributed by atoms with Crippen LogP contribution in [0.5, 0.6) is 0 Å². The number of hydrogen-bond acceptors (Lipinski definition) is 4. The van der Waals surface area contributed by atoms with E-state index in [-0.39, 0.29) is 12.5 Å². The Morgan fingerprint density at radius 2 is 1.95 bits per heavy atom. The van der Waals surface area contributed by atoms with E-state index < -0.39 is 5.97 Å². The molecule has 1 N–H and O–H groups in total. The minimum Gasteiger partial charge on any atom is -0.465 e. The molecule has 2 aromatic rings. The van der Waals surface area contributed by atoms with E-state index in [1.807, 2.05) is 24.3 Å². The lowest BCUT2D eigenvalue weighted by Gasteiger charge is -2.06. The van der Waals surface area contributed by atoms with Crippen LogP contribution in [0.1, 0.15) is 21.6 Å². The van der Waals surface area contributed by atoms with Gasteiger partial charge in [0.15, 0.2) is 0 Å². The van der Waals surface area contributed by atoms with E-state index in [0.29, 0.717) is 17.7 Å². The lowest BCUT2D eigenvalue weighted by atomic mass is 10.1. The molecule has 1 aromatic carbocycles. The highest BCUT2D eigenvalue weighted by Gasteiger charge is 2.08. The topological polar surface area (TPSA) is 68.3 Å². The van der Waals surface area contributed by atoms with Gasteiger partial charge < -0.3 is 10.1 Å². The fourth-order valence-electron chi connectivity index (χ4n) is 1.86. The summed E-state index contributed by atoms with van der Waals surface area (Å²) < 4.78 is 5.62. The van der Waals surface area contributed by atoms with Gasteiger partial charge in [0.25, 0.3) is 0 Å². The molecule has 1 aromatic heterocycles. The van der Waals surface area contributed by atoms with E-state index in [4.69, 9.17) is 0 Å². The van der Waals surface area contributed by atoms with Crippen molar-refractivity contribution < 1.29 is 14.3 Å². The lowest BCUT2D eigenvalue weighted by Crippen LogP contribution is -2.25. The number of benzene rings is 1. The molecule has 0 aliphatic carbocycles. The summed E-state index contributed by atoms with van der Waals surface area (Å²) in [4.78, 5) is 27.5. The Kier molecular flexibility index (Phi) is 5.66. The summed E-state index contributed by atoms with van der Waals surface area (Å²) in [7, 11) is 1.32. The maximum atomic E-state index is 11.9. The number of aromatic nitrogens is 1. The number of methoxy groups -OCH3 is 1. The summed E-state index contributed by atoms with van der Waals surface area (Å²) in [5, 5.41) is 2.78. The summed E-state index contributed by atoms with van der Waals surface area (Å²) in [5.74, 6) is -0.530. The summed E-state index contributed by atoms with van der Waals surface area (Å²) in [6.45, 7) is 0.264. The second kappa shape index (κ2) is 7.70. The zero-order chi connectivity index (χ0) is 15.9. The van der Waals surface area contributed by atoms with Gasteiger partial charge in [-0.1, -0.05) is 28.1 Å². The van der Waals surface area contributed by atoms with Gasteiger partial charge in [0.1, 0.15) is 0 Å². The van der Waals surface area contributed by atoms with Crippen LogP contribution in [0.3, 0.4) is 0 Å². The van der Waals surface area contributed by atoms with E-state index in [2.05, 4.69) is 31.0 Å². The molecule has 0 aliphatic heterocycles. The number of carbonyl (C=O) groups excluding carboxylic acids is 2. The Bertz CT molecular complexity index is 671. The number of nitrogens with one attached hydrogen (secondary N) is 1. The predicted octanol–water partition coefficient (Wildman–Crippen LogP) is 2.49. The van der Waals surface area contributed by atoms with Gasteiger partial charge in [-0.3, -0.25) is 9.78 Å². The maximum absolute atomic E-state index is 11.9. The van der Waals surface area contributed by atoms with Gasteiger partial charge in [0.2, 0.25) is 5.91 Å². The number of carbonyl (C=O) groups is 2. The Labute approximate surface area is 136 Å². The average Bonchev–Trinajstić information content (AvgIpc) is 2.54. The molecule has 0 atom stereocenters. The van der Waals surface area contributed by atoms with Crippen molar-refractivity contribution in [3.05, 3.63) is 63.9 Å². The van der Waals surface area contributed by atoms with Gasteiger partial charge in [-0.05, 0) is 29.8 Å². The van der Waals surface area contributed by atoms with Crippen molar-refractivity contribution in [2.24, 2.45) is 0 Å². The molecule has 22 heavy (non-hydrogen) atoms. The largest absolute Gasteiger partial charge is 0.465 e. The molecular weight excluding hydrogens is 348 g/mol. The van der Waals surface area contributed by atoms with E-state index in [1.54, 1.807) is 12.1 Å². The van der Waals surface area contributed by atoms with Crippen LogP contribution in [-0.2, 0) is 22.5 Å². The van der Waals surface area contributed by atoms with Crippen molar-refractivity contribution >= 4 is 27.8 Å². The SMILES string of the molecule is COC(=O)c1ccnc(CNC(=O)Cc2ccc(Br)cc2)c1. The minimum absolute atomic E-state index is 0.104. The number of ether oxygens (including phenoxy) is 1. The molecule has 1 amide bonds. The molecule has 0 saturated heterocycles. The zero-order valence-electron chi connectivity index (χ0n) is 12.0. The number of hydrogen-bond donors (Lipinski definition) is 1. The molecule has 2 rings (SSSR count). The molecular formula is C16H15BrN2O3. The third kappa shape index (κ3) is 4.66. The molecule has 1 heterocycles. The van der Waals surface area contributed by atoms with Crippen LogP contribution in [0, 0.1) is 0 Å². The molecule has 5 nitrogen and oxygen atoms in total. The normalized spacial score (nSPS) is 10.1. The number of halogens is 1. The zero-order valence-corrected chi connectivity index (χ0v) is 13.6. The van der Waals surface area contributed by atoms with Gasteiger partial charge in [0, 0.05) is 10.7 Å². The van der Waals surface area contributed by atoms with Crippen LogP contribution in [0.4, 0.5) is 0 Å². The van der Waals surface area contributed by atoms with Crippen molar-refractivity contribution in [3.63, 3.8) is 0 Å². The van der Waals surface area contributed by atoms with Crippen LogP contribution >= 0.6 is 15.9 Å². The molecule has 0 radical (unpaired) electrons. The van der Waals surface area contributed by atoms with Crippen molar-refractivity contribution in [1.82, 2.24) is 10.3 Å². The average molecular weight is 363 g/mol. The highest BCUT2D eigenvalue weighted by atomic mass is 79.9. The highest BCUT2D eigenvalue weighted by Crippen LogP contribution is 2.11. The molecule has 0 aliphatic rings. The standard InChI is InChI=1S/C16H15BrN2O3/c1-22-16(21)12-6-7-18-14(9-12)10-19-15(20)8-11-2-4-13(17)5-3-11/h2-7,9H,8,10H2,1H3,(H,19,20). The first-order chi connectivity index (χ1) is 10.6. The van der Waals surface area contributed by atoms with Crippen LogP contribution < -0.4 is 5.32 Å². The predicted molar refractivity (Wildman–Crippen MR) is 85.3 cm³/mol. The third-order valence-electron chi connectivity index (χ3n) is 2.98. The van der Waals surface area contributed by atoms with E-state index in [9.17, 15) is 9.59 Å². The van der Waals surface area contributed by atoms with Gasteiger partial charge >= 0.3 is 5.97 Å². The third-order valence-corrected chi connectivity index (χ3v) is 3.51. The van der Waals surface area contributed by atoms with Crippen molar-refractivity contribution in [2.75, 3.05) is 7.11 Å².